The third-order valence-corrected chi connectivity index (χ3v) is 6.44. The zero-order valence-corrected chi connectivity index (χ0v) is 15.9. The largest absolute Gasteiger partial charge is 0.481 e. The molecule has 1 aromatic rings. The fraction of sp³-hybridized carbons (Fsp3) is 0.700. The number of likely N-dealkylation sites (tertiary alicyclic amines) is 2. The number of hydrogen-bond acceptors (Lipinski definition) is 5. The second kappa shape index (κ2) is 7.28. The molecule has 0 saturated carbocycles. The Hall–Kier alpha value is -1.86. The molecule has 0 aromatic carbocycles. The minimum absolute atomic E-state index is 0.155. The first-order valence-electron chi connectivity index (χ1n) is 9.98. The van der Waals surface area contributed by atoms with Gasteiger partial charge in [-0.1, -0.05) is 6.92 Å². The van der Waals surface area contributed by atoms with Crippen LogP contribution < -0.4 is 0 Å². The van der Waals surface area contributed by atoms with Gasteiger partial charge in [0, 0.05) is 44.1 Å². The summed E-state index contributed by atoms with van der Waals surface area (Å²) < 4.78 is 11.4. The maximum atomic E-state index is 13.1. The van der Waals surface area contributed by atoms with Crippen LogP contribution in [0.25, 0.3) is 0 Å². The van der Waals surface area contributed by atoms with Crippen molar-refractivity contribution >= 4 is 11.9 Å². The predicted octanol–water partition coefficient (Wildman–Crippen LogP) is 2.00. The van der Waals surface area contributed by atoms with Crippen LogP contribution in [0.2, 0.25) is 0 Å². The van der Waals surface area contributed by atoms with Crippen molar-refractivity contribution in [2.75, 3.05) is 39.4 Å². The van der Waals surface area contributed by atoms with Crippen molar-refractivity contribution in [3.8, 4) is 0 Å². The van der Waals surface area contributed by atoms with E-state index in [0.29, 0.717) is 31.9 Å². The van der Waals surface area contributed by atoms with Gasteiger partial charge in [-0.05, 0) is 38.4 Å². The lowest BCUT2D eigenvalue weighted by molar-refractivity contribution is -0.157. The van der Waals surface area contributed by atoms with E-state index in [4.69, 9.17) is 9.15 Å². The lowest BCUT2D eigenvalue weighted by Crippen LogP contribution is -2.45. The zero-order chi connectivity index (χ0) is 19.0. The fourth-order valence-corrected chi connectivity index (χ4v) is 4.80. The third kappa shape index (κ3) is 3.27. The number of aliphatic carboxylic acids is 1. The number of amides is 1. The number of carboxylic acid groups (broad SMARTS) is 1. The summed E-state index contributed by atoms with van der Waals surface area (Å²) in [5, 5.41) is 9.79. The van der Waals surface area contributed by atoms with E-state index in [9.17, 15) is 14.7 Å². The Morgan fingerprint density at radius 2 is 2.11 bits per heavy atom. The summed E-state index contributed by atoms with van der Waals surface area (Å²) in [6.07, 6.45) is 3.64. The summed E-state index contributed by atoms with van der Waals surface area (Å²) in [4.78, 5) is 29.0. The summed E-state index contributed by atoms with van der Waals surface area (Å²) in [6.45, 7) is 6.50. The Bertz CT molecular complexity index is 724. The van der Waals surface area contributed by atoms with Gasteiger partial charge in [-0.2, -0.15) is 0 Å². The van der Waals surface area contributed by atoms with E-state index in [2.05, 4.69) is 4.90 Å². The van der Waals surface area contributed by atoms with Gasteiger partial charge in [0.2, 0.25) is 0 Å². The number of carbonyl (C=O) groups is 2. The normalized spacial score (nSPS) is 28.5. The molecule has 7 heteroatoms. The van der Waals surface area contributed by atoms with Gasteiger partial charge in [0.25, 0.3) is 5.91 Å². The fourth-order valence-electron chi connectivity index (χ4n) is 4.80. The molecule has 7 nitrogen and oxygen atoms in total. The molecule has 3 saturated heterocycles. The van der Waals surface area contributed by atoms with Crippen molar-refractivity contribution in [1.82, 2.24) is 9.80 Å². The van der Waals surface area contributed by atoms with Crippen molar-refractivity contribution in [2.24, 2.45) is 11.3 Å². The summed E-state index contributed by atoms with van der Waals surface area (Å²) in [6, 6.07) is 1.87. The molecular formula is C20H28N2O5. The number of hydrogen-bond donors (Lipinski definition) is 1. The van der Waals surface area contributed by atoms with E-state index in [1.165, 1.54) is 12.8 Å². The van der Waals surface area contributed by atoms with Gasteiger partial charge in [0.05, 0.1) is 12.0 Å². The minimum Gasteiger partial charge on any atom is -0.481 e. The van der Waals surface area contributed by atoms with Crippen molar-refractivity contribution in [3.63, 3.8) is 0 Å². The SMILES string of the molecule is CCc1oc(C(=O)N2C[C@@H]3COCC[C@]3(C(=O)O)C2)cc1CN1CCCC1. The van der Waals surface area contributed by atoms with Crippen molar-refractivity contribution < 1.29 is 23.8 Å². The molecule has 148 valence electrons. The summed E-state index contributed by atoms with van der Waals surface area (Å²) in [5.41, 5.74) is 0.197. The van der Waals surface area contributed by atoms with Crippen molar-refractivity contribution in [2.45, 2.75) is 39.2 Å². The van der Waals surface area contributed by atoms with E-state index < -0.39 is 11.4 Å². The number of furan rings is 1. The number of fused-ring (bicyclic) bond motifs is 1. The molecule has 3 aliphatic heterocycles. The molecule has 0 aliphatic carbocycles. The third-order valence-electron chi connectivity index (χ3n) is 6.44. The molecular weight excluding hydrogens is 348 g/mol. The van der Waals surface area contributed by atoms with Crippen LogP contribution >= 0.6 is 0 Å². The van der Waals surface area contributed by atoms with E-state index >= 15 is 0 Å². The first kappa shape index (κ1) is 18.5. The van der Waals surface area contributed by atoms with Gasteiger partial charge in [-0.15, -0.1) is 0 Å². The Morgan fingerprint density at radius 3 is 2.78 bits per heavy atom. The number of carbonyl (C=O) groups excluding carboxylic acids is 1. The lowest BCUT2D eigenvalue weighted by atomic mass is 9.74. The summed E-state index contributed by atoms with van der Waals surface area (Å²) in [5.74, 6) is 0.0126. The van der Waals surface area contributed by atoms with Crippen LogP contribution in [-0.4, -0.2) is 66.2 Å². The summed E-state index contributed by atoms with van der Waals surface area (Å²) >= 11 is 0. The Kier molecular flexibility index (Phi) is 4.99. The average Bonchev–Trinajstić information content (AvgIpc) is 3.39. The maximum absolute atomic E-state index is 13.1. The van der Waals surface area contributed by atoms with Crippen LogP contribution in [0, 0.1) is 11.3 Å². The second-order valence-corrected chi connectivity index (χ2v) is 8.06. The van der Waals surface area contributed by atoms with Gasteiger partial charge in [-0.3, -0.25) is 14.5 Å². The summed E-state index contributed by atoms with van der Waals surface area (Å²) in [7, 11) is 0. The molecule has 1 N–H and O–H groups in total. The molecule has 3 aliphatic rings. The molecule has 4 heterocycles. The highest BCUT2D eigenvalue weighted by Crippen LogP contribution is 2.43. The number of carboxylic acids is 1. The van der Waals surface area contributed by atoms with Gasteiger partial charge in [0.1, 0.15) is 5.76 Å². The Labute approximate surface area is 159 Å². The van der Waals surface area contributed by atoms with Crippen molar-refractivity contribution in [1.29, 1.82) is 0 Å². The monoisotopic (exact) mass is 376 g/mol. The van der Waals surface area contributed by atoms with E-state index in [1.807, 2.05) is 13.0 Å². The molecule has 27 heavy (non-hydrogen) atoms. The first-order valence-corrected chi connectivity index (χ1v) is 9.98. The van der Waals surface area contributed by atoms with Gasteiger partial charge in [0.15, 0.2) is 5.76 Å². The van der Waals surface area contributed by atoms with Crippen LogP contribution in [0.15, 0.2) is 10.5 Å². The number of aryl methyl sites for hydroxylation is 1. The molecule has 0 radical (unpaired) electrons. The molecule has 1 amide bonds. The molecule has 3 fully saturated rings. The van der Waals surface area contributed by atoms with Gasteiger partial charge in [-0.25, -0.2) is 0 Å². The molecule has 0 bridgehead atoms. The standard InChI is InChI=1S/C20H28N2O5/c1-2-16-14(10-21-6-3-4-7-21)9-17(27-16)18(23)22-11-15-12-26-8-5-20(15,13-22)19(24)25/h9,15H,2-8,10-13H2,1H3,(H,24,25)/t15-,20+/m1/s1. The average molecular weight is 376 g/mol. The predicted molar refractivity (Wildman–Crippen MR) is 97.5 cm³/mol. The highest BCUT2D eigenvalue weighted by atomic mass is 16.5. The van der Waals surface area contributed by atoms with E-state index in [1.54, 1.807) is 4.90 Å². The highest BCUT2D eigenvalue weighted by Gasteiger charge is 2.55. The topological polar surface area (TPSA) is 83.2 Å². The smallest absolute Gasteiger partial charge is 0.311 e. The molecule has 2 atom stereocenters. The number of rotatable bonds is 5. The van der Waals surface area contributed by atoms with Crippen LogP contribution in [0.4, 0.5) is 0 Å². The number of ether oxygens (including phenoxy) is 1. The lowest BCUT2D eigenvalue weighted by Gasteiger charge is -2.33. The Balaban J connectivity index is 1.52. The second-order valence-electron chi connectivity index (χ2n) is 8.06. The number of nitrogens with zero attached hydrogens (tertiary/aromatic N) is 2. The minimum atomic E-state index is -0.882. The van der Waals surface area contributed by atoms with E-state index in [0.717, 1.165) is 37.4 Å². The first-order chi connectivity index (χ1) is 13.0. The highest BCUT2D eigenvalue weighted by molar-refractivity contribution is 5.93. The van der Waals surface area contributed by atoms with Crippen LogP contribution in [0.1, 0.15) is 48.1 Å². The van der Waals surface area contributed by atoms with Crippen LogP contribution in [0.3, 0.4) is 0 Å². The van der Waals surface area contributed by atoms with Crippen LogP contribution in [-0.2, 0) is 22.5 Å². The van der Waals surface area contributed by atoms with E-state index in [-0.39, 0.29) is 18.4 Å². The molecule has 0 spiro atoms. The molecule has 1 aromatic heterocycles. The van der Waals surface area contributed by atoms with Crippen molar-refractivity contribution in [3.05, 3.63) is 23.2 Å². The van der Waals surface area contributed by atoms with Crippen LogP contribution in [0.5, 0.6) is 0 Å². The molecule has 4 rings (SSSR count). The van der Waals surface area contributed by atoms with Gasteiger partial charge >= 0.3 is 5.97 Å². The van der Waals surface area contributed by atoms with Gasteiger partial charge < -0.3 is 19.2 Å². The zero-order valence-electron chi connectivity index (χ0n) is 15.9. The quantitative estimate of drug-likeness (QED) is 0.846. The molecule has 0 unspecified atom stereocenters. The maximum Gasteiger partial charge on any atom is 0.311 e. The Morgan fingerprint density at radius 1 is 1.33 bits per heavy atom.